The van der Waals surface area contributed by atoms with Crippen molar-refractivity contribution in [1.29, 1.82) is 0 Å². The van der Waals surface area contributed by atoms with E-state index >= 15 is 0 Å². The van der Waals surface area contributed by atoms with Crippen molar-refractivity contribution in [2.75, 3.05) is 4.90 Å². The van der Waals surface area contributed by atoms with Gasteiger partial charge in [-0.2, -0.15) is 0 Å². The second-order valence-electron chi connectivity index (χ2n) is 6.31. The summed E-state index contributed by atoms with van der Waals surface area (Å²) in [5, 5.41) is 1.32. The number of anilines is 1. The van der Waals surface area contributed by atoms with E-state index < -0.39 is 0 Å². The van der Waals surface area contributed by atoms with Crippen LogP contribution in [0.5, 0.6) is 0 Å². The van der Waals surface area contributed by atoms with Gasteiger partial charge >= 0.3 is 0 Å². The molecule has 1 saturated carbocycles. The highest BCUT2D eigenvalue weighted by Crippen LogP contribution is 2.35. The van der Waals surface area contributed by atoms with Crippen LogP contribution < -0.4 is 4.90 Å². The quantitative estimate of drug-likeness (QED) is 0.643. The molecule has 1 amide bonds. The van der Waals surface area contributed by atoms with Gasteiger partial charge in [-0.15, -0.1) is 0 Å². The summed E-state index contributed by atoms with van der Waals surface area (Å²) in [5.74, 6) is 0.240. The second kappa shape index (κ2) is 7.10. The zero-order valence-corrected chi connectivity index (χ0v) is 15.3. The number of nitrogens with zero attached hydrogens (tertiary/aromatic N) is 3. The van der Waals surface area contributed by atoms with E-state index in [9.17, 15) is 4.79 Å². The third-order valence-electron chi connectivity index (χ3n) is 4.61. The summed E-state index contributed by atoms with van der Waals surface area (Å²) in [6.45, 7) is 0.438. The molecule has 0 N–H and O–H groups in total. The first-order valence-electron chi connectivity index (χ1n) is 8.49. The third-order valence-corrected chi connectivity index (χ3v) is 5.95. The summed E-state index contributed by atoms with van der Waals surface area (Å²) in [4.78, 5) is 24.0. The van der Waals surface area contributed by atoms with E-state index in [0.717, 1.165) is 41.6 Å². The van der Waals surface area contributed by atoms with Crippen LogP contribution in [-0.4, -0.2) is 15.9 Å². The van der Waals surface area contributed by atoms with E-state index in [4.69, 9.17) is 11.6 Å². The Hall–Kier alpha value is -1.98. The molecule has 0 saturated heterocycles. The number of thiazole rings is 1. The Morgan fingerprint density at radius 3 is 2.76 bits per heavy atom. The van der Waals surface area contributed by atoms with Crippen LogP contribution in [0.1, 0.15) is 31.4 Å². The Labute approximate surface area is 155 Å². The van der Waals surface area contributed by atoms with Gasteiger partial charge in [0.15, 0.2) is 5.13 Å². The minimum Gasteiger partial charge on any atom is -0.282 e. The number of fused-ring (bicyclic) bond motifs is 1. The highest BCUT2D eigenvalue weighted by molar-refractivity contribution is 7.22. The number of hydrogen-bond acceptors (Lipinski definition) is 4. The van der Waals surface area contributed by atoms with Crippen LogP contribution >= 0.6 is 22.9 Å². The van der Waals surface area contributed by atoms with Crippen LogP contribution in [0.3, 0.4) is 0 Å². The average Bonchev–Trinajstić information content (AvgIpc) is 3.30. The van der Waals surface area contributed by atoms with Crippen LogP contribution in [-0.2, 0) is 11.3 Å². The Bertz CT molecular complexity index is 890. The molecule has 0 spiro atoms. The van der Waals surface area contributed by atoms with Gasteiger partial charge in [-0.3, -0.25) is 14.7 Å². The molecule has 25 heavy (non-hydrogen) atoms. The number of para-hydroxylation sites is 1. The lowest BCUT2D eigenvalue weighted by atomic mass is 10.1. The van der Waals surface area contributed by atoms with Crippen molar-refractivity contribution >= 4 is 44.2 Å². The van der Waals surface area contributed by atoms with Crippen LogP contribution in [0.25, 0.3) is 10.2 Å². The zero-order chi connectivity index (χ0) is 17.2. The van der Waals surface area contributed by atoms with Crippen LogP contribution in [0.2, 0.25) is 5.02 Å². The number of hydrogen-bond donors (Lipinski definition) is 0. The summed E-state index contributed by atoms with van der Waals surface area (Å²) in [7, 11) is 0. The largest absolute Gasteiger partial charge is 0.282 e. The normalized spacial score (nSPS) is 14.9. The molecule has 4 rings (SSSR count). The van der Waals surface area contributed by atoms with E-state index in [2.05, 4.69) is 9.97 Å². The van der Waals surface area contributed by atoms with Crippen molar-refractivity contribution in [3.63, 3.8) is 0 Å². The number of carbonyl (C=O) groups is 1. The predicted molar refractivity (Wildman–Crippen MR) is 102 cm³/mol. The number of amides is 1. The first kappa shape index (κ1) is 16.5. The van der Waals surface area contributed by atoms with Gasteiger partial charge in [0.2, 0.25) is 5.91 Å². The number of halogens is 1. The number of carbonyl (C=O) groups excluding carboxylic acids is 1. The van der Waals surface area contributed by atoms with Crippen molar-refractivity contribution < 1.29 is 4.79 Å². The first-order chi connectivity index (χ1) is 12.2. The molecule has 4 nitrogen and oxygen atoms in total. The molecule has 1 aliphatic carbocycles. The lowest BCUT2D eigenvalue weighted by molar-refractivity contribution is -0.122. The van der Waals surface area contributed by atoms with Gasteiger partial charge in [0.25, 0.3) is 0 Å². The molecule has 128 valence electrons. The summed E-state index contributed by atoms with van der Waals surface area (Å²) in [6, 6.07) is 11.5. The van der Waals surface area contributed by atoms with E-state index in [0.29, 0.717) is 16.7 Å². The minimum atomic E-state index is 0.0891. The van der Waals surface area contributed by atoms with Crippen molar-refractivity contribution in [1.82, 2.24) is 9.97 Å². The predicted octanol–water partition coefficient (Wildman–Crippen LogP) is 5.07. The van der Waals surface area contributed by atoms with Gasteiger partial charge < -0.3 is 0 Å². The van der Waals surface area contributed by atoms with Crippen LogP contribution in [0.4, 0.5) is 5.13 Å². The smallest absolute Gasteiger partial charge is 0.232 e. The van der Waals surface area contributed by atoms with E-state index in [1.54, 1.807) is 11.1 Å². The highest BCUT2D eigenvalue weighted by Gasteiger charge is 2.30. The van der Waals surface area contributed by atoms with Crippen molar-refractivity contribution in [2.45, 2.75) is 32.2 Å². The number of rotatable bonds is 4. The zero-order valence-electron chi connectivity index (χ0n) is 13.7. The van der Waals surface area contributed by atoms with Gasteiger partial charge in [-0.1, -0.05) is 47.9 Å². The van der Waals surface area contributed by atoms with E-state index in [-0.39, 0.29) is 11.8 Å². The fourth-order valence-corrected chi connectivity index (χ4v) is 4.58. The average molecular weight is 372 g/mol. The summed E-state index contributed by atoms with van der Waals surface area (Å²) >= 11 is 7.78. The fourth-order valence-electron chi connectivity index (χ4n) is 3.31. The molecule has 2 aromatic heterocycles. The summed E-state index contributed by atoms with van der Waals surface area (Å²) < 4.78 is 0.993. The van der Waals surface area contributed by atoms with E-state index in [1.165, 1.54) is 11.3 Å². The number of benzene rings is 1. The van der Waals surface area contributed by atoms with Crippen molar-refractivity contribution in [3.05, 3.63) is 53.3 Å². The molecule has 0 bridgehead atoms. The monoisotopic (exact) mass is 371 g/mol. The van der Waals surface area contributed by atoms with Gasteiger partial charge in [0.1, 0.15) is 5.52 Å². The SMILES string of the molecule is O=C(C1CCCC1)N(Cc1ccccn1)c1nc2c(Cl)cccc2s1. The first-order valence-corrected chi connectivity index (χ1v) is 9.68. The third kappa shape index (κ3) is 3.39. The molecule has 0 unspecified atom stereocenters. The molecule has 1 aromatic carbocycles. The minimum absolute atomic E-state index is 0.0891. The van der Waals surface area contributed by atoms with E-state index in [1.807, 2.05) is 36.4 Å². The maximum Gasteiger partial charge on any atom is 0.232 e. The molecule has 1 fully saturated rings. The molecular formula is C19H18ClN3OS. The summed E-state index contributed by atoms with van der Waals surface area (Å²) in [6.07, 6.45) is 5.92. The standard InChI is InChI=1S/C19H18ClN3OS/c20-15-9-5-10-16-17(15)22-19(25-16)23(12-14-8-3-4-11-21-14)18(24)13-6-1-2-7-13/h3-5,8-11,13H,1-2,6-7,12H2. The topological polar surface area (TPSA) is 46.1 Å². The second-order valence-corrected chi connectivity index (χ2v) is 7.73. The lowest BCUT2D eigenvalue weighted by Gasteiger charge is -2.22. The molecular weight excluding hydrogens is 354 g/mol. The lowest BCUT2D eigenvalue weighted by Crippen LogP contribution is -2.35. The molecule has 0 atom stereocenters. The Balaban J connectivity index is 1.72. The van der Waals surface area contributed by atoms with Crippen LogP contribution in [0.15, 0.2) is 42.6 Å². The fraction of sp³-hybridized carbons (Fsp3) is 0.316. The Morgan fingerprint density at radius 2 is 2.04 bits per heavy atom. The van der Waals surface area contributed by atoms with Crippen LogP contribution in [0, 0.1) is 5.92 Å². The van der Waals surface area contributed by atoms with Crippen molar-refractivity contribution in [2.24, 2.45) is 5.92 Å². The molecule has 6 heteroatoms. The van der Waals surface area contributed by atoms with Crippen molar-refractivity contribution in [3.8, 4) is 0 Å². The molecule has 0 radical (unpaired) electrons. The highest BCUT2D eigenvalue weighted by atomic mass is 35.5. The molecule has 3 aromatic rings. The molecule has 1 aliphatic rings. The molecule has 0 aliphatic heterocycles. The number of aromatic nitrogens is 2. The van der Waals surface area contributed by atoms with Gasteiger partial charge in [-0.05, 0) is 37.1 Å². The number of pyridine rings is 1. The maximum atomic E-state index is 13.1. The summed E-state index contributed by atoms with van der Waals surface area (Å²) in [5.41, 5.74) is 1.62. The molecule has 2 heterocycles. The maximum absolute atomic E-state index is 13.1. The van der Waals surface area contributed by atoms with Gasteiger partial charge in [0.05, 0.1) is 22.0 Å². The Kier molecular flexibility index (Phi) is 4.68. The van der Waals surface area contributed by atoms with Gasteiger partial charge in [0, 0.05) is 12.1 Å². The van der Waals surface area contributed by atoms with Gasteiger partial charge in [-0.25, -0.2) is 4.98 Å². The Morgan fingerprint density at radius 1 is 1.20 bits per heavy atom.